The largest absolute Gasteiger partial charge is 0.463 e. The average molecular weight is 514 g/mol. The number of aromatic nitrogens is 4. The molecule has 0 aliphatic rings. The van der Waals surface area contributed by atoms with E-state index < -0.39 is 0 Å². The highest BCUT2D eigenvalue weighted by molar-refractivity contribution is 5.81. The summed E-state index contributed by atoms with van der Waals surface area (Å²) in [6, 6.07) is 7.77. The predicted molar refractivity (Wildman–Crippen MR) is 144 cm³/mol. The number of hydrogen-bond acceptors (Lipinski definition) is 9. The third kappa shape index (κ3) is 8.57. The number of nitrogens with two attached hydrogens (primary N) is 1. The van der Waals surface area contributed by atoms with Gasteiger partial charge in [-0.1, -0.05) is 25.5 Å². The number of carbonyl (C=O) groups excluding carboxylic acids is 1. The summed E-state index contributed by atoms with van der Waals surface area (Å²) in [5, 5.41) is 0. The quantitative estimate of drug-likeness (QED) is 0.179. The number of anilines is 1. The second kappa shape index (κ2) is 13.8. The zero-order valence-corrected chi connectivity index (χ0v) is 22.3. The van der Waals surface area contributed by atoms with Crippen molar-refractivity contribution in [2.24, 2.45) is 0 Å². The molecule has 37 heavy (non-hydrogen) atoms. The van der Waals surface area contributed by atoms with Gasteiger partial charge in [0.1, 0.15) is 11.3 Å². The van der Waals surface area contributed by atoms with E-state index in [1.165, 1.54) is 6.92 Å². The van der Waals surface area contributed by atoms with Crippen LogP contribution in [0.25, 0.3) is 11.2 Å². The summed E-state index contributed by atoms with van der Waals surface area (Å²) in [7, 11) is 4.12. The second-order valence-corrected chi connectivity index (χ2v) is 9.40. The SMILES string of the molecule is CCCCOc1nc(N)c2[nH]c(=O)n(CCCN(CCCN(C)C)Cc3cccc(OC(C)=O)c3)c2n1. The van der Waals surface area contributed by atoms with Gasteiger partial charge >= 0.3 is 17.7 Å². The molecule has 0 unspecified atom stereocenters. The molecule has 0 fully saturated rings. The molecule has 0 aliphatic carbocycles. The van der Waals surface area contributed by atoms with Crippen molar-refractivity contribution in [1.29, 1.82) is 0 Å². The molecule has 11 nitrogen and oxygen atoms in total. The van der Waals surface area contributed by atoms with Crippen molar-refractivity contribution in [1.82, 2.24) is 29.3 Å². The Kier molecular flexibility index (Phi) is 10.5. The van der Waals surface area contributed by atoms with Gasteiger partial charge in [0.2, 0.25) is 0 Å². The Labute approximate surface area is 217 Å². The van der Waals surface area contributed by atoms with Crippen molar-refractivity contribution in [3.63, 3.8) is 0 Å². The number of aromatic amines is 1. The van der Waals surface area contributed by atoms with Crippen LogP contribution in [0.2, 0.25) is 0 Å². The van der Waals surface area contributed by atoms with Gasteiger partial charge in [-0.25, -0.2) is 4.79 Å². The molecule has 0 bridgehead atoms. The van der Waals surface area contributed by atoms with Gasteiger partial charge in [-0.15, -0.1) is 0 Å². The Morgan fingerprint density at radius 1 is 1.14 bits per heavy atom. The number of imidazole rings is 1. The highest BCUT2D eigenvalue weighted by atomic mass is 16.5. The fourth-order valence-electron chi connectivity index (χ4n) is 4.08. The smallest absolute Gasteiger partial charge is 0.327 e. The van der Waals surface area contributed by atoms with Gasteiger partial charge < -0.3 is 25.1 Å². The van der Waals surface area contributed by atoms with Crippen LogP contribution in [-0.4, -0.2) is 75.6 Å². The first-order valence-corrected chi connectivity index (χ1v) is 12.8. The summed E-state index contributed by atoms with van der Waals surface area (Å²) in [6.45, 7) is 7.78. The summed E-state index contributed by atoms with van der Waals surface area (Å²) >= 11 is 0. The van der Waals surface area contributed by atoms with Crippen LogP contribution in [0, 0.1) is 0 Å². The maximum atomic E-state index is 12.7. The van der Waals surface area contributed by atoms with Gasteiger partial charge in [0, 0.05) is 26.6 Å². The van der Waals surface area contributed by atoms with Gasteiger partial charge in [0.25, 0.3) is 0 Å². The van der Waals surface area contributed by atoms with E-state index in [1.807, 2.05) is 18.2 Å². The third-order valence-corrected chi connectivity index (χ3v) is 5.86. The molecule has 0 radical (unpaired) electrons. The number of rotatable bonds is 15. The number of nitrogen functional groups attached to an aromatic ring is 1. The number of carbonyl (C=O) groups is 1. The van der Waals surface area contributed by atoms with E-state index in [2.05, 4.69) is 45.8 Å². The lowest BCUT2D eigenvalue weighted by molar-refractivity contribution is -0.131. The van der Waals surface area contributed by atoms with E-state index in [0.29, 0.717) is 36.6 Å². The van der Waals surface area contributed by atoms with Crippen LogP contribution in [0.5, 0.6) is 11.8 Å². The van der Waals surface area contributed by atoms with Crippen LogP contribution in [-0.2, 0) is 17.9 Å². The first-order valence-electron chi connectivity index (χ1n) is 12.8. The second-order valence-electron chi connectivity index (χ2n) is 9.40. The highest BCUT2D eigenvalue weighted by Gasteiger charge is 2.15. The van der Waals surface area contributed by atoms with Crippen LogP contribution < -0.4 is 20.9 Å². The van der Waals surface area contributed by atoms with E-state index in [9.17, 15) is 9.59 Å². The third-order valence-electron chi connectivity index (χ3n) is 5.86. The van der Waals surface area contributed by atoms with E-state index in [1.54, 1.807) is 10.6 Å². The van der Waals surface area contributed by atoms with E-state index >= 15 is 0 Å². The van der Waals surface area contributed by atoms with E-state index in [4.69, 9.17) is 15.2 Å². The van der Waals surface area contributed by atoms with Gasteiger partial charge in [0.15, 0.2) is 11.5 Å². The van der Waals surface area contributed by atoms with Crippen molar-refractivity contribution in [2.45, 2.75) is 52.6 Å². The number of hydrogen-bond donors (Lipinski definition) is 2. The van der Waals surface area contributed by atoms with Crippen LogP contribution in [0.4, 0.5) is 5.82 Å². The minimum atomic E-state index is -0.340. The topological polar surface area (TPSA) is 132 Å². The lowest BCUT2D eigenvalue weighted by Crippen LogP contribution is -2.29. The Bertz CT molecular complexity index is 1220. The molecule has 3 aromatic rings. The van der Waals surface area contributed by atoms with Crippen molar-refractivity contribution >= 4 is 23.0 Å². The summed E-state index contributed by atoms with van der Waals surface area (Å²) in [6.07, 6.45) is 3.61. The van der Waals surface area contributed by atoms with Crippen molar-refractivity contribution in [3.8, 4) is 11.8 Å². The fraction of sp³-hybridized carbons (Fsp3) is 0.538. The number of ether oxygens (including phenoxy) is 2. The van der Waals surface area contributed by atoms with Gasteiger partial charge in [-0.05, 0) is 64.1 Å². The highest BCUT2D eigenvalue weighted by Crippen LogP contribution is 2.19. The lowest BCUT2D eigenvalue weighted by atomic mass is 10.2. The zero-order valence-electron chi connectivity index (χ0n) is 22.3. The van der Waals surface area contributed by atoms with Crippen molar-refractivity contribution in [2.75, 3.05) is 46.1 Å². The average Bonchev–Trinajstić information content (AvgIpc) is 3.14. The molecular formula is C26H39N7O4. The summed E-state index contributed by atoms with van der Waals surface area (Å²) < 4.78 is 12.5. The normalized spacial score (nSPS) is 11.5. The zero-order chi connectivity index (χ0) is 26.8. The first-order chi connectivity index (χ1) is 17.8. The molecule has 1 aromatic carbocycles. The summed E-state index contributed by atoms with van der Waals surface area (Å²) in [4.78, 5) is 39.9. The predicted octanol–water partition coefficient (Wildman–Crippen LogP) is 2.65. The monoisotopic (exact) mass is 513 g/mol. The van der Waals surface area contributed by atoms with Gasteiger partial charge in [-0.3, -0.25) is 14.3 Å². The standard InChI is InChI=1S/C26H39N7O4/c1-5-6-16-36-25-29-23(27)22-24(30-25)33(26(35)28-22)15-9-14-32(13-8-12-31(3)4)18-20-10-7-11-21(17-20)37-19(2)34/h7,10-11,17H,5-6,8-9,12-16,18H2,1-4H3,(H,28,35)(H2,27,29,30). The Hall–Kier alpha value is -3.44. The number of unbranched alkanes of at least 4 members (excludes halogenated alkanes) is 1. The molecule has 0 saturated heterocycles. The fourth-order valence-corrected chi connectivity index (χ4v) is 4.08. The number of benzene rings is 1. The number of esters is 1. The Morgan fingerprint density at radius 3 is 2.65 bits per heavy atom. The first kappa shape index (κ1) is 28.1. The minimum absolute atomic E-state index is 0.184. The molecule has 3 rings (SSSR count). The number of aryl methyl sites for hydroxylation is 1. The molecule has 0 aliphatic heterocycles. The van der Waals surface area contributed by atoms with Crippen LogP contribution in [0.3, 0.4) is 0 Å². The summed E-state index contributed by atoms with van der Waals surface area (Å²) in [5.41, 5.74) is 7.74. The summed E-state index contributed by atoms with van der Waals surface area (Å²) in [5.74, 6) is 0.399. The number of nitrogens with one attached hydrogen (secondary N) is 1. The van der Waals surface area contributed by atoms with Gasteiger partial charge in [-0.2, -0.15) is 9.97 Å². The molecule has 0 amide bonds. The molecule has 2 heterocycles. The molecule has 0 spiro atoms. The molecule has 11 heteroatoms. The number of fused-ring (bicyclic) bond motifs is 1. The lowest BCUT2D eigenvalue weighted by Gasteiger charge is -2.23. The molecule has 0 saturated carbocycles. The van der Waals surface area contributed by atoms with E-state index in [-0.39, 0.29) is 23.5 Å². The molecule has 202 valence electrons. The van der Waals surface area contributed by atoms with Crippen LogP contribution >= 0.6 is 0 Å². The van der Waals surface area contributed by atoms with Crippen molar-refractivity contribution < 1.29 is 14.3 Å². The maximum absolute atomic E-state index is 12.7. The molecule has 2 aromatic heterocycles. The van der Waals surface area contributed by atoms with Crippen molar-refractivity contribution in [3.05, 3.63) is 40.3 Å². The molecule has 3 N–H and O–H groups in total. The molecular weight excluding hydrogens is 474 g/mol. The maximum Gasteiger partial charge on any atom is 0.327 e. The number of H-pyrrole nitrogens is 1. The molecule has 0 atom stereocenters. The number of nitrogens with zero attached hydrogens (tertiary/aromatic N) is 5. The van der Waals surface area contributed by atoms with Crippen LogP contribution in [0.1, 0.15) is 45.1 Å². The Balaban J connectivity index is 1.71. The Morgan fingerprint density at radius 2 is 1.92 bits per heavy atom. The van der Waals surface area contributed by atoms with Crippen LogP contribution in [0.15, 0.2) is 29.1 Å². The minimum Gasteiger partial charge on any atom is -0.463 e. The van der Waals surface area contributed by atoms with Gasteiger partial charge in [0.05, 0.1) is 6.61 Å². The van der Waals surface area contributed by atoms with E-state index in [0.717, 1.165) is 50.9 Å².